The molecule has 1 aliphatic heterocycles. The molecule has 0 amide bonds. The van der Waals surface area contributed by atoms with Crippen LogP contribution >= 0.6 is 0 Å². The number of rotatable bonds is 4. The van der Waals surface area contributed by atoms with Crippen LogP contribution in [0.25, 0.3) is 0 Å². The predicted molar refractivity (Wildman–Crippen MR) is 100 cm³/mol. The molecule has 4 aliphatic rings. The second-order valence-electron chi connectivity index (χ2n) is 9.82. The van der Waals surface area contributed by atoms with Gasteiger partial charge in [-0.15, -0.1) is 0 Å². The van der Waals surface area contributed by atoms with Gasteiger partial charge in [0.15, 0.2) is 0 Å². The number of piperidine rings is 1. The summed E-state index contributed by atoms with van der Waals surface area (Å²) in [6.45, 7) is 8.40. The van der Waals surface area contributed by atoms with Crippen molar-refractivity contribution in [2.75, 3.05) is 6.54 Å². The second-order valence-corrected chi connectivity index (χ2v) is 9.82. The van der Waals surface area contributed by atoms with E-state index in [0.29, 0.717) is 36.1 Å². The van der Waals surface area contributed by atoms with Gasteiger partial charge in [-0.3, -0.25) is 4.79 Å². The van der Waals surface area contributed by atoms with E-state index in [9.17, 15) is 9.90 Å². The molecule has 0 radical (unpaired) electrons. The SMILES string of the molecule is CC(C)[C@H]1CC[C@@]2(C)[C@@H]3CC[C@H]4CCC=C4[C@@]2(CCC(=O)O)[C@H]1NC3. The highest BCUT2D eigenvalue weighted by Gasteiger charge is 2.66. The molecule has 3 heteroatoms. The van der Waals surface area contributed by atoms with Crippen molar-refractivity contribution in [3.8, 4) is 0 Å². The van der Waals surface area contributed by atoms with Crippen molar-refractivity contribution in [3.63, 3.8) is 0 Å². The minimum absolute atomic E-state index is 0.0686. The molecule has 0 spiro atoms. The van der Waals surface area contributed by atoms with E-state index in [2.05, 4.69) is 32.2 Å². The molecular formula is C22H35NO2. The maximum Gasteiger partial charge on any atom is 0.303 e. The molecule has 140 valence electrons. The topological polar surface area (TPSA) is 49.3 Å². The van der Waals surface area contributed by atoms with E-state index >= 15 is 0 Å². The maximum absolute atomic E-state index is 11.6. The Morgan fingerprint density at radius 1 is 1.32 bits per heavy atom. The normalized spacial score (nSPS) is 45.7. The number of fused-ring (bicyclic) bond motifs is 1. The molecule has 2 N–H and O–H groups in total. The third kappa shape index (κ3) is 2.37. The number of hydrogen-bond acceptors (Lipinski definition) is 2. The lowest BCUT2D eigenvalue weighted by Crippen LogP contribution is -2.69. The summed E-state index contributed by atoms with van der Waals surface area (Å²) in [5.41, 5.74) is 2.01. The monoisotopic (exact) mass is 345 g/mol. The molecule has 6 atom stereocenters. The highest BCUT2D eigenvalue weighted by molar-refractivity contribution is 5.67. The largest absolute Gasteiger partial charge is 0.481 e. The number of nitrogens with one attached hydrogen (secondary N) is 1. The summed E-state index contributed by atoms with van der Waals surface area (Å²) >= 11 is 0. The van der Waals surface area contributed by atoms with E-state index in [0.717, 1.165) is 13.0 Å². The molecule has 4 rings (SSSR count). The van der Waals surface area contributed by atoms with E-state index < -0.39 is 5.97 Å². The van der Waals surface area contributed by atoms with Crippen molar-refractivity contribution in [2.45, 2.75) is 78.2 Å². The Morgan fingerprint density at radius 3 is 2.84 bits per heavy atom. The Balaban J connectivity index is 1.87. The van der Waals surface area contributed by atoms with Crippen LogP contribution in [-0.4, -0.2) is 23.7 Å². The fraction of sp³-hybridized carbons (Fsp3) is 0.864. The minimum atomic E-state index is -0.626. The van der Waals surface area contributed by atoms with Gasteiger partial charge in [-0.05, 0) is 80.6 Å². The standard InChI is InChI=1S/C22H35NO2/c1-14(2)17-9-11-21(3)16-8-7-15-5-4-6-18(15)22(21,12-10-19(24)25)20(17)23-13-16/h6,14-17,20,23H,4-5,7-13H2,1-3H3,(H,24,25)/t15-,16-,17-,20+,21+,22+/m1/s1. The van der Waals surface area contributed by atoms with Crippen LogP contribution in [0.15, 0.2) is 11.6 Å². The van der Waals surface area contributed by atoms with Crippen molar-refractivity contribution in [3.05, 3.63) is 11.6 Å². The van der Waals surface area contributed by atoms with E-state index in [4.69, 9.17) is 0 Å². The zero-order valence-corrected chi connectivity index (χ0v) is 16.2. The van der Waals surface area contributed by atoms with Gasteiger partial charge < -0.3 is 10.4 Å². The molecule has 1 saturated heterocycles. The lowest BCUT2D eigenvalue weighted by Gasteiger charge is -2.66. The number of hydrogen-bond donors (Lipinski definition) is 2. The molecule has 25 heavy (non-hydrogen) atoms. The van der Waals surface area contributed by atoms with Crippen LogP contribution in [0, 0.1) is 34.5 Å². The smallest absolute Gasteiger partial charge is 0.303 e. The van der Waals surface area contributed by atoms with E-state index in [1.54, 1.807) is 5.57 Å². The first-order valence-electron chi connectivity index (χ1n) is 10.6. The van der Waals surface area contributed by atoms with Gasteiger partial charge in [-0.2, -0.15) is 0 Å². The third-order valence-electron chi connectivity index (χ3n) is 8.75. The molecule has 3 aliphatic carbocycles. The van der Waals surface area contributed by atoms with Crippen molar-refractivity contribution in [2.24, 2.45) is 34.5 Å². The van der Waals surface area contributed by atoms with Crippen molar-refractivity contribution < 1.29 is 9.90 Å². The Labute approximate surface area is 152 Å². The van der Waals surface area contributed by atoms with Gasteiger partial charge in [0.2, 0.25) is 0 Å². The summed E-state index contributed by atoms with van der Waals surface area (Å²) in [7, 11) is 0. The summed E-state index contributed by atoms with van der Waals surface area (Å²) in [5.74, 6) is 2.12. The number of carboxylic acid groups (broad SMARTS) is 1. The fourth-order valence-electron chi connectivity index (χ4n) is 7.51. The number of carbonyl (C=O) groups is 1. The molecule has 0 aromatic carbocycles. The number of carboxylic acids is 1. The van der Waals surface area contributed by atoms with E-state index in [1.807, 2.05) is 0 Å². The second kappa shape index (κ2) is 6.11. The van der Waals surface area contributed by atoms with Gasteiger partial charge in [0.05, 0.1) is 0 Å². The van der Waals surface area contributed by atoms with Gasteiger partial charge >= 0.3 is 5.97 Å². The van der Waals surface area contributed by atoms with E-state index in [1.165, 1.54) is 38.5 Å². The molecule has 0 aromatic rings. The van der Waals surface area contributed by atoms with Crippen LogP contribution < -0.4 is 5.32 Å². The zero-order valence-electron chi connectivity index (χ0n) is 16.2. The average Bonchev–Trinajstić information content (AvgIpc) is 2.99. The first-order valence-corrected chi connectivity index (χ1v) is 10.6. The first-order chi connectivity index (χ1) is 11.9. The lowest BCUT2D eigenvalue weighted by atomic mass is 9.42. The van der Waals surface area contributed by atoms with Crippen LogP contribution in [-0.2, 0) is 4.79 Å². The van der Waals surface area contributed by atoms with Gasteiger partial charge in [0.1, 0.15) is 0 Å². The first kappa shape index (κ1) is 17.6. The quantitative estimate of drug-likeness (QED) is 0.731. The molecule has 1 heterocycles. The Kier molecular flexibility index (Phi) is 4.30. The van der Waals surface area contributed by atoms with Crippen molar-refractivity contribution >= 4 is 5.97 Å². The van der Waals surface area contributed by atoms with Crippen molar-refractivity contribution in [1.29, 1.82) is 0 Å². The van der Waals surface area contributed by atoms with Gasteiger partial charge in [-0.1, -0.05) is 32.4 Å². The summed E-state index contributed by atoms with van der Waals surface area (Å²) in [6, 6.07) is 0.465. The van der Waals surface area contributed by atoms with Crippen LogP contribution in [0.2, 0.25) is 0 Å². The number of aliphatic carboxylic acids is 1. The van der Waals surface area contributed by atoms with Crippen LogP contribution in [0.4, 0.5) is 0 Å². The predicted octanol–water partition coefficient (Wildman–Crippen LogP) is 4.63. The molecule has 2 saturated carbocycles. The van der Waals surface area contributed by atoms with Gasteiger partial charge in [-0.25, -0.2) is 0 Å². The highest BCUT2D eigenvalue weighted by atomic mass is 16.4. The van der Waals surface area contributed by atoms with Crippen LogP contribution in [0.3, 0.4) is 0 Å². The third-order valence-corrected chi connectivity index (χ3v) is 8.75. The average molecular weight is 346 g/mol. The highest BCUT2D eigenvalue weighted by Crippen LogP contribution is 2.69. The molecule has 3 nitrogen and oxygen atoms in total. The number of allylic oxidation sites excluding steroid dienone is 1. The van der Waals surface area contributed by atoms with Gasteiger partial charge in [0, 0.05) is 17.9 Å². The van der Waals surface area contributed by atoms with Crippen LogP contribution in [0.5, 0.6) is 0 Å². The van der Waals surface area contributed by atoms with Crippen molar-refractivity contribution in [1.82, 2.24) is 5.32 Å². The maximum atomic E-state index is 11.6. The Morgan fingerprint density at radius 2 is 2.12 bits per heavy atom. The van der Waals surface area contributed by atoms with Crippen LogP contribution in [0.1, 0.15) is 72.1 Å². The van der Waals surface area contributed by atoms with E-state index in [-0.39, 0.29) is 10.8 Å². The Hall–Kier alpha value is -0.830. The molecule has 0 aromatic heterocycles. The zero-order chi connectivity index (χ0) is 17.8. The summed E-state index contributed by atoms with van der Waals surface area (Å²) in [5, 5.41) is 13.5. The summed E-state index contributed by atoms with van der Waals surface area (Å²) < 4.78 is 0. The minimum Gasteiger partial charge on any atom is -0.481 e. The lowest BCUT2D eigenvalue weighted by molar-refractivity contribution is -0.143. The fourth-order valence-corrected chi connectivity index (χ4v) is 7.51. The summed E-state index contributed by atoms with van der Waals surface area (Å²) in [6.07, 6.45) is 11.4. The Bertz CT molecular complexity index is 583. The molecule has 0 unspecified atom stereocenters. The molecule has 4 bridgehead atoms. The molecular weight excluding hydrogens is 310 g/mol. The van der Waals surface area contributed by atoms with Gasteiger partial charge in [0.25, 0.3) is 0 Å². The summed E-state index contributed by atoms with van der Waals surface area (Å²) in [4.78, 5) is 11.6. The molecule has 3 fully saturated rings.